The highest BCUT2D eigenvalue weighted by Gasteiger charge is 1.60. The van der Waals surface area contributed by atoms with Gasteiger partial charge in [-0.2, -0.15) is 0 Å². The summed E-state index contributed by atoms with van der Waals surface area (Å²) >= 11 is 0. The van der Waals surface area contributed by atoms with Gasteiger partial charge < -0.3 is 10.2 Å². The molecule has 0 aliphatic rings. The van der Waals surface area contributed by atoms with Crippen LogP contribution in [0.3, 0.4) is 0 Å². The second-order valence-electron chi connectivity index (χ2n) is 1.51. The lowest BCUT2D eigenvalue weighted by Gasteiger charge is -1.74. The number of allylic oxidation sites excluding steroid dienone is 2. The molecule has 2 nitrogen and oxygen atoms in total. The van der Waals surface area contributed by atoms with Crippen molar-refractivity contribution in [3.63, 3.8) is 0 Å². The van der Waals surface area contributed by atoms with Crippen LogP contribution in [0.25, 0.3) is 0 Å². The van der Waals surface area contributed by atoms with Crippen molar-refractivity contribution >= 4 is 0 Å². The van der Waals surface area contributed by atoms with E-state index in [9.17, 15) is 0 Å². The van der Waals surface area contributed by atoms with Crippen molar-refractivity contribution in [2.45, 2.75) is 20.8 Å². The summed E-state index contributed by atoms with van der Waals surface area (Å²) in [6, 6.07) is 0. The van der Waals surface area contributed by atoms with E-state index in [-0.39, 0.29) is 0 Å². The van der Waals surface area contributed by atoms with Crippen LogP contribution >= 0.6 is 0 Å². The normalized spacial score (nSPS) is 6.62. The first-order valence-electron chi connectivity index (χ1n) is 2.50. The van der Waals surface area contributed by atoms with Crippen LogP contribution in [0.1, 0.15) is 20.8 Å². The SMILES string of the molecule is CC=C(C)C.OCO. The maximum Gasteiger partial charge on any atom is 0.140 e. The minimum atomic E-state index is -0.750. The lowest BCUT2D eigenvalue weighted by Crippen LogP contribution is -1.66. The number of rotatable bonds is 0. The van der Waals surface area contributed by atoms with Gasteiger partial charge in [-0.15, -0.1) is 0 Å². The maximum atomic E-state index is 7.12. The molecule has 0 bridgehead atoms. The van der Waals surface area contributed by atoms with E-state index in [1.165, 1.54) is 5.57 Å². The Morgan fingerprint density at radius 1 is 1.38 bits per heavy atom. The molecule has 0 aromatic carbocycles. The quantitative estimate of drug-likeness (QED) is 0.366. The molecule has 2 N–H and O–H groups in total. The van der Waals surface area contributed by atoms with Gasteiger partial charge >= 0.3 is 0 Å². The van der Waals surface area contributed by atoms with E-state index in [1.807, 2.05) is 6.92 Å². The summed E-state index contributed by atoms with van der Waals surface area (Å²) in [7, 11) is 0. The third-order valence-corrected chi connectivity index (χ3v) is 0.577. The molecule has 0 amide bonds. The van der Waals surface area contributed by atoms with Gasteiger partial charge in [0.1, 0.15) is 6.79 Å². The Morgan fingerprint density at radius 3 is 1.50 bits per heavy atom. The summed E-state index contributed by atoms with van der Waals surface area (Å²) in [5.74, 6) is 0. The van der Waals surface area contributed by atoms with E-state index in [4.69, 9.17) is 10.2 Å². The van der Waals surface area contributed by atoms with E-state index >= 15 is 0 Å². The highest BCUT2D eigenvalue weighted by molar-refractivity contribution is 4.88. The van der Waals surface area contributed by atoms with Crippen LogP contribution in [0, 0.1) is 0 Å². The van der Waals surface area contributed by atoms with Crippen molar-refractivity contribution in [3.8, 4) is 0 Å². The van der Waals surface area contributed by atoms with Gasteiger partial charge in [-0.1, -0.05) is 11.6 Å². The van der Waals surface area contributed by atoms with Gasteiger partial charge in [0.2, 0.25) is 0 Å². The lowest BCUT2D eigenvalue weighted by molar-refractivity contribution is 0.0773. The molecule has 0 aliphatic heterocycles. The monoisotopic (exact) mass is 118 g/mol. The summed E-state index contributed by atoms with van der Waals surface area (Å²) in [5.41, 5.74) is 1.38. The highest BCUT2D eigenvalue weighted by Crippen LogP contribution is 1.82. The standard InChI is InChI=1S/C5H10.CH4O2/c1-4-5(2)3;2-1-3/h4H,1-3H3;2-3H,1H2. The molecule has 0 fully saturated rings. The predicted octanol–water partition coefficient (Wildman–Crippen LogP) is 0.901. The predicted molar refractivity (Wildman–Crippen MR) is 34.4 cm³/mol. The number of hydrogen-bond acceptors (Lipinski definition) is 2. The van der Waals surface area contributed by atoms with Crippen molar-refractivity contribution in [1.82, 2.24) is 0 Å². The van der Waals surface area contributed by atoms with Gasteiger partial charge in [0, 0.05) is 0 Å². The summed E-state index contributed by atoms with van der Waals surface area (Å²) in [4.78, 5) is 0. The third kappa shape index (κ3) is 44.6. The zero-order chi connectivity index (χ0) is 6.99. The first-order valence-corrected chi connectivity index (χ1v) is 2.50. The number of aliphatic hydroxyl groups excluding tert-OH is 1. The topological polar surface area (TPSA) is 40.5 Å². The van der Waals surface area contributed by atoms with Crippen LogP contribution < -0.4 is 0 Å². The molecular formula is C6H14O2. The Hall–Kier alpha value is -0.340. The largest absolute Gasteiger partial charge is 0.371 e. The Kier molecular flexibility index (Phi) is 13.0. The zero-order valence-corrected chi connectivity index (χ0v) is 5.68. The van der Waals surface area contributed by atoms with Gasteiger partial charge in [-0.25, -0.2) is 0 Å². The minimum absolute atomic E-state index is 0.750. The van der Waals surface area contributed by atoms with Crippen molar-refractivity contribution < 1.29 is 10.2 Å². The summed E-state index contributed by atoms with van der Waals surface area (Å²) in [5, 5.41) is 14.2. The first kappa shape index (κ1) is 10.6. The van der Waals surface area contributed by atoms with Crippen molar-refractivity contribution in [2.24, 2.45) is 0 Å². The Labute approximate surface area is 50.5 Å². The zero-order valence-electron chi connectivity index (χ0n) is 5.68. The van der Waals surface area contributed by atoms with Crippen molar-refractivity contribution in [3.05, 3.63) is 11.6 Å². The molecule has 0 rings (SSSR count). The van der Waals surface area contributed by atoms with Crippen molar-refractivity contribution in [2.75, 3.05) is 6.79 Å². The smallest absolute Gasteiger partial charge is 0.140 e. The Bertz CT molecular complexity index is 53.5. The van der Waals surface area contributed by atoms with E-state index < -0.39 is 6.79 Å². The molecule has 50 valence electrons. The number of aliphatic hydroxyl groups is 2. The second kappa shape index (κ2) is 9.83. The van der Waals surface area contributed by atoms with Crippen LogP contribution in [0.15, 0.2) is 11.6 Å². The van der Waals surface area contributed by atoms with Crippen molar-refractivity contribution in [1.29, 1.82) is 0 Å². The minimum Gasteiger partial charge on any atom is -0.371 e. The molecule has 0 saturated carbocycles. The van der Waals surface area contributed by atoms with Crippen LogP contribution in [-0.2, 0) is 0 Å². The second-order valence-corrected chi connectivity index (χ2v) is 1.51. The maximum absolute atomic E-state index is 7.12. The molecular weight excluding hydrogens is 104 g/mol. The average Bonchev–Trinajstić information content (AvgIpc) is 1.69. The van der Waals surface area contributed by atoms with E-state index in [2.05, 4.69) is 19.9 Å². The first-order chi connectivity index (χ1) is 3.68. The fourth-order valence-corrected chi connectivity index (χ4v) is 0. The molecule has 0 aromatic rings. The molecule has 0 aromatic heterocycles. The van der Waals surface area contributed by atoms with Crippen LogP contribution in [0.4, 0.5) is 0 Å². The molecule has 0 radical (unpaired) electrons. The molecule has 0 heterocycles. The molecule has 0 unspecified atom stereocenters. The highest BCUT2D eigenvalue weighted by atomic mass is 16.5. The molecule has 2 heteroatoms. The Morgan fingerprint density at radius 2 is 1.50 bits per heavy atom. The van der Waals surface area contributed by atoms with Gasteiger partial charge in [0.15, 0.2) is 0 Å². The van der Waals surface area contributed by atoms with Gasteiger partial charge in [0.05, 0.1) is 0 Å². The third-order valence-electron chi connectivity index (χ3n) is 0.577. The molecule has 0 saturated heterocycles. The fraction of sp³-hybridized carbons (Fsp3) is 0.667. The van der Waals surface area contributed by atoms with E-state index in [0.717, 1.165) is 0 Å². The van der Waals surface area contributed by atoms with Gasteiger partial charge in [-0.3, -0.25) is 0 Å². The molecule has 0 aliphatic carbocycles. The summed E-state index contributed by atoms with van der Waals surface area (Å²) in [6.07, 6.45) is 2.08. The van der Waals surface area contributed by atoms with Crippen LogP contribution in [0.5, 0.6) is 0 Å². The van der Waals surface area contributed by atoms with E-state index in [1.54, 1.807) is 0 Å². The number of hydrogen-bond donors (Lipinski definition) is 2. The van der Waals surface area contributed by atoms with Gasteiger partial charge in [-0.05, 0) is 20.8 Å². The summed E-state index contributed by atoms with van der Waals surface area (Å²) in [6.45, 7) is 5.45. The fourth-order valence-electron chi connectivity index (χ4n) is 0. The van der Waals surface area contributed by atoms with Crippen LogP contribution in [0.2, 0.25) is 0 Å². The summed E-state index contributed by atoms with van der Waals surface area (Å²) < 4.78 is 0. The van der Waals surface area contributed by atoms with Gasteiger partial charge in [0.25, 0.3) is 0 Å². The molecule has 0 atom stereocenters. The average molecular weight is 118 g/mol. The van der Waals surface area contributed by atoms with E-state index in [0.29, 0.717) is 0 Å². The lowest BCUT2D eigenvalue weighted by atomic mass is 10.3. The molecule has 8 heavy (non-hydrogen) atoms. The Balaban J connectivity index is 0. The molecule has 0 spiro atoms. The van der Waals surface area contributed by atoms with Crippen LogP contribution in [-0.4, -0.2) is 17.0 Å².